The monoisotopic (exact) mass is 369 g/mol. The molecule has 148 valence electrons. The van der Waals surface area contributed by atoms with E-state index in [1.54, 1.807) is 0 Å². The van der Waals surface area contributed by atoms with Crippen molar-refractivity contribution in [2.24, 2.45) is 0 Å². The number of carbonyl (C=O) groups excluding carboxylic acids is 2. The minimum atomic E-state index is -0.207. The Morgan fingerprint density at radius 3 is 1.81 bits per heavy atom. The van der Waals surface area contributed by atoms with Crippen molar-refractivity contribution in [3.8, 4) is 0 Å². The van der Waals surface area contributed by atoms with Crippen molar-refractivity contribution >= 4 is 17.5 Å². The Balaban J connectivity index is 1.60. The third-order valence-electron chi connectivity index (χ3n) is 5.34. The number of anilines is 1. The number of imide groups is 1. The van der Waals surface area contributed by atoms with E-state index in [0.29, 0.717) is 17.7 Å². The molecule has 3 heteroatoms. The van der Waals surface area contributed by atoms with Gasteiger partial charge in [0.2, 0.25) is 0 Å². The Morgan fingerprint density at radius 2 is 1.26 bits per heavy atom. The van der Waals surface area contributed by atoms with E-state index in [9.17, 15) is 9.59 Å². The van der Waals surface area contributed by atoms with Crippen LogP contribution in [0.15, 0.2) is 35.9 Å². The largest absolute Gasteiger partial charge is 0.269 e. The fraction of sp³-hybridized carbons (Fsp3) is 0.583. The maximum Gasteiger partial charge on any atom is 0.261 e. The van der Waals surface area contributed by atoms with E-state index in [4.69, 9.17) is 0 Å². The number of benzene rings is 1. The van der Waals surface area contributed by atoms with Crippen LogP contribution in [0.5, 0.6) is 0 Å². The molecule has 1 aromatic carbocycles. The van der Waals surface area contributed by atoms with Gasteiger partial charge in [0.05, 0.1) is 5.69 Å². The summed E-state index contributed by atoms with van der Waals surface area (Å²) < 4.78 is 0. The van der Waals surface area contributed by atoms with Crippen LogP contribution in [0.3, 0.4) is 0 Å². The molecule has 1 aliphatic rings. The van der Waals surface area contributed by atoms with Crippen molar-refractivity contribution < 1.29 is 9.59 Å². The van der Waals surface area contributed by atoms with Gasteiger partial charge >= 0.3 is 0 Å². The lowest BCUT2D eigenvalue weighted by molar-refractivity contribution is -0.120. The van der Waals surface area contributed by atoms with Crippen LogP contribution in [-0.4, -0.2) is 11.8 Å². The number of hydrogen-bond donors (Lipinski definition) is 0. The van der Waals surface area contributed by atoms with Crippen LogP contribution in [0.2, 0.25) is 0 Å². The maximum atomic E-state index is 12.6. The number of hydrogen-bond acceptors (Lipinski definition) is 2. The lowest BCUT2D eigenvalue weighted by Gasteiger charge is -2.15. The first kappa shape index (κ1) is 21.4. The van der Waals surface area contributed by atoms with Gasteiger partial charge in [0.1, 0.15) is 0 Å². The molecule has 3 nitrogen and oxygen atoms in total. The van der Waals surface area contributed by atoms with E-state index in [-0.39, 0.29) is 11.8 Å². The second-order valence-corrected chi connectivity index (χ2v) is 7.77. The molecule has 0 bridgehead atoms. The summed E-state index contributed by atoms with van der Waals surface area (Å²) in [5.41, 5.74) is 2.45. The average molecular weight is 370 g/mol. The van der Waals surface area contributed by atoms with Gasteiger partial charge in [-0.05, 0) is 31.9 Å². The number of nitrogens with zero attached hydrogens (tertiary/aromatic N) is 1. The first-order valence-electron chi connectivity index (χ1n) is 10.8. The van der Waals surface area contributed by atoms with Crippen molar-refractivity contribution in [3.05, 3.63) is 41.5 Å². The van der Waals surface area contributed by atoms with Crippen molar-refractivity contribution in [2.75, 3.05) is 4.90 Å². The number of carbonyl (C=O) groups is 2. The number of amides is 2. The molecule has 1 heterocycles. The van der Waals surface area contributed by atoms with E-state index in [1.807, 2.05) is 31.2 Å². The molecule has 1 aliphatic heterocycles. The van der Waals surface area contributed by atoms with Gasteiger partial charge < -0.3 is 0 Å². The lowest BCUT2D eigenvalue weighted by atomic mass is 10.0. The summed E-state index contributed by atoms with van der Waals surface area (Å²) in [4.78, 5) is 26.1. The molecule has 0 unspecified atom stereocenters. The van der Waals surface area contributed by atoms with E-state index < -0.39 is 0 Å². The highest BCUT2D eigenvalue weighted by Crippen LogP contribution is 2.25. The quantitative estimate of drug-likeness (QED) is 0.294. The summed E-state index contributed by atoms with van der Waals surface area (Å²) in [6, 6.07) is 7.53. The molecule has 0 radical (unpaired) electrons. The highest BCUT2D eigenvalue weighted by Gasteiger charge is 2.31. The summed E-state index contributed by atoms with van der Waals surface area (Å²) in [7, 11) is 0. The molecule has 0 atom stereocenters. The number of rotatable bonds is 13. The van der Waals surface area contributed by atoms with Crippen LogP contribution in [0.1, 0.15) is 89.5 Å². The molecule has 0 spiro atoms. The van der Waals surface area contributed by atoms with Crippen LogP contribution in [0.4, 0.5) is 5.69 Å². The van der Waals surface area contributed by atoms with Crippen molar-refractivity contribution in [1.82, 2.24) is 0 Å². The first-order chi connectivity index (χ1) is 13.1. The van der Waals surface area contributed by atoms with Gasteiger partial charge in [-0.1, -0.05) is 88.8 Å². The maximum absolute atomic E-state index is 12.6. The zero-order chi connectivity index (χ0) is 19.5. The highest BCUT2D eigenvalue weighted by molar-refractivity contribution is 6.30. The Bertz CT molecular complexity index is 630. The second kappa shape index (κ2) is 11.7. The molecule has 0 aliphatic carbocycles. The molecule has 2 amide bonds. The van der Waals surface area contributed by atoms with Gasteiger partial charge in [0, 0.05) is 11.6 Å². The summed E-state index contributed by atoms with van der Waals surface area (Å²) in [6.07, 6.45) is 16.4. The molecule has 2 rings (SSSR count). The summed E-state index contributed by atoms with van der Waals surface area (Å²) in [6.45, 7) is 4.25. The zero-order valence-electron chi connectivity index (χ0n) is 17.1. The fourth-order valence-corrected chi connectivity index (χ4v) is 3.62. The van der Waals surface area contributed by atoms with E-state index in [0.717, 1.165) is 18.4 Å². The Morgan fingerprint density at radius 1 is 0.741 bits per heavy atom. The molecule has 0 saturated carbocycles. The smallest absolute Gasteiger partial charge is 0.261 e. The fourth-order valence-electron chi connectivity index (χ4n) is 3.62. The summed E-state index contributed by atoms with van der Waals surface area (Å²) >= 11 is 0. The lowest BCUT2D eigenvalue weighted by Crippen LogP contribution is -2.30. The predicted molar refractivity (Wildman–Crippen MR) is 113 cm³/mol. The molecule has 1 aromatic rings. The van der Waals surface area contributed by atoms with Crippen LogP contribution in [0.25, 0.3) is 0 Å². The standard InChI is InChI=1S/C24H35NO2/c1-3-4-5-6-7-8-9-10-11-12-13-14-21-19-23(26)25(24(21)27)22-17-15-20(2)16-18-22/h15-19H,3-14H2,1-2H3. The normalized spacial score (nSPS) is 14.1. The summed E-state index contributed by atoms with van der Waals surface area (Å²) in [5.74, 6) is -0.349. The molecule has 0 saturated heterocycles. The van der Waals surface area contributed by atoms with Crippen molar-refractivity contribution in [3.63, 3.8) is 0 Å². The van der Waals surface area contributed by atoms with Gasteiger partial charge in [0.15, 0.2) is 0 Å². The zero-order valence-corrected chi connectivity index (χ0v) is 17.1. The van der Waals surface area contributed by atoms with E-state index in [1.165, 1.54) is 68.8 Å². The number of unbranched alkanes of at least 4 members (excludes halogenated alkanes) is 10. The molecule has 27 heavy (non-hydrogen) atoms. The molecule has 0 aromatic heterocycles. The minimum absolute atomic E-state index is 0.143. The average Bonchev–Trinajstić information content (AvgIpc) is 2.94. The van der Waals surface area contributed by atoms with Crippen LogP contribution in [0, 0.1) is 6.92 Å². The van der Waals surface area contributed by atoms with E-state index in [2.05, 4.69) is 6.92 Å². The Kier molecular flexibility index (Phi) is 9.30. The molecular weight excluding hydrogens is 334 g/mol. The third kappa shape index (κ3) is 6.97. The van der Waals surface area contributed by atoms with Gasteiger partial charge in [-0.2, -0.15) is 0 Å². The number of aryl methyl sites for hydroxylation is 1. The van der Waals surface area contributed by atoms with Crippen LogP contribution in [-0.2, 0) is 9.59 Å². The SMILES string of the molecule is CCCCCCCCCCCCCC1=CC(=O)N(c2ccc(C)cc2)C1=O. The van der Waals surface area contributed by atoms with Crippen molar-refractivity contribution in [1.29, 1.82) is 0 Å². The minimum Gasteiger partial charge on any atom is -0.269 e. The third-order valence-corrected chi connectivity index (χ3v) is 5.34. The highest BCUT2D eigenvalue weighted by atomic mass is 16.2. The van der Waals surface area contributed by atoms with Gasteiger partial charge in [-0.15, -0.1) is 0 Å². The van der Waals surface area contributed by atoms with Gasteiger partial charge in [-0.3, -0.25) is 9.59 Å². The second-order valence-electron chi connectivity index (χ2n) is 7.77. The first-order valence-corrected chi connectivity index (χ1v) is 10.8. The van der Waals surface area contributed by atoms with Crippen LogP contribution >= 0.6 is 0 Å². The predicted octanol–water partition coefficient (Wildman–Crippen LogP) is 6.50. The van der Waals surface area contributed by atoms with Crippen LogP contribution < -0.4 is 4.90 Å². The molecular formula is C24H35NO2. The Labute approximate surface area is 164 Å². The van der Waals surface area contributed by atoms with E-state index >= 15 is 0 Å². The topological polar surface area (TPSA) is 37.4 Å². The molecule has 0 fully saturated rings. The van der Waals surface area contributed by atoms with Crippen molar-refractivity contribution in [2.45, 2.75) is 90.9 Å². The molecule has 0 N–H and O–H groups in total. The van der Waals surface area contributed by atoms with Gasteiger partial charge in [-0.25, -0.2) is 4.90 Å². The summed E-state index contributed by atoms with van der Waals surface area (Å²) in [5, 5.41) is 0. The Hall–Kier alpha value is -1.90. The van der Waals surface area contributed by atoms with Gasteiger partial charge in [0.25, 0.3) is 11.8 Å².